The predicted molar refractivity (Wildman–Crippen MR) is 82.3 cm³/mol. The van der Waals surface area contributed by atoms with Crippen molar-refractivity contribution in [2.45, 2.75) is 20.8 Å². The molecule has 4 nitrogen and oxygen atoms in total. The van der Waals surface area contributed by atoms with Gasteiger partial charge in [-0.3, -0.25) is 4.79 Å². The molecule has 0 aliphatic rings. The molecule has 20 heavy (non-hydrogen) atoms. The van der Waals surface area contributed by atoms with Gasteiger partial charge in [0.1, 0.15) is 5.82 Å². The van der Waals surface area contributed by atoms with Gasteiger partial charge in [-0.25, -0.2) is 4.98 Å². The predicted octanol–water partition coefficient (Wildman–Crippen LogP) is 3.38. The molecule has 0 radical (unpaired) electrons. The molecule has 2 rings (SSSR count). The second kappa shape index (κ2) is 6.19. The fourth-order valence-electron chi connectivity index (χ4n) is 1.91. The van der Waals surface area contributed by atoms with Gasteiger partial charge in [-0.05, 0) is 50.1 Å². The number of carbonyl (C=O) groups is 1. The maximum Gasteiger partial charge on any atom is 0.255 e. The van der Waals surface area contributed by atoms with Crippen LogP contribution < -0.4 is 10.6 Å². The number of anilines is 2. The van der Waals surface area contributed by atoms with Gasteiger partial charge in [-0.1, -0.05) is 12.1 Å². The van der Waals surface area contributed by atoms with Crippen LogP contribution in [0.15, 0.2) is 36.5 Å². The van der Waals surface area contributed by atoms with Gasteiger partial charge in [0.2, 0.25) is 0 Å². The molecule has 2 N–H and O–H groups in total. The molecule has 0 bridgehead atoms. The molecule has 0 fully saturated rings. The van der Waals surface area contributed by atoms with Crippen molar-refractivity contribution in [2.24, 2.45) is 0 Å². The first-order chi connectivity index (χ1) is 9.60. The average molecular weight is 269 g/mol. The number of hydrogen-bond acceptors (Lipinski definition) is 3. The molecular weight excluding hydrogens is 250 g/mol. The van der Waals surface area contributed by atoms with Crippen molar-refractivity contribution in [3.63, 3.8) is 0 Å². The second-order valence-corrected chi connectivity index (χ2v) is 4.73. The van der Waals surface area contributed by atoms with Crippen LogP contribution in [0.4, 0.5) is 11.5 Å². The molecule has 1 amide bonds. The number of rotatable bonds is 4. The summed E-state index contributed by atoms with van der Waals surface area (Å²) >= 11 is 0. The van der Waals surface area contributed by atoms with Crippen molar-refractivity contribution in [1.29, 1.82) is 0 Å². The Labute approximate surface area is 119 Å². The standard InChI is InChI=1S/C16H19N3O/c1-4-17-15-10-13(7-8-18-15)16(20)19-14-9-11(2)5-6-12(14)3/h5-10H,4H2,1-3H3,(H,17,18)(H,19,20). The summed E-state index contributed by atoms with van der Waals surface area (Å²) < 4.78 is 0. The summed E-state index contributed by atoms with van der Waals surface area (Å²) in [4.78, 5) is 16.4. The third-order valence-electron chi connectivity index (χ3n) is 3.02. The monoisotopic (exact) mass is 269 g/mol. The van der Waals surface area contributed by atoms with Crippen LogP contribution in [0.1, 0.15) is 28.4 Å². The van der Waals surface area contributed by atoms with E-state index in [4.69, 9.17) is 0 Å². The zero-order valence-electron chi connectivity index (χ0n) is 12.0. The summed E-state index contributed by atoms with van der Waals surface area (Å²) in [6.45, 7) is 6.75. The van der Waals surface area contributed by atoms with Crippen molar-refractivity contribution in [3.05, 3.63) is 53.2 Å². The summed E-state index contributed by atoms with van der Waals surface area (Å²) in [5.41, 5.74) is 3.60. The van der Waals surface area contributed by atoms with Crippen LogP contribution >= 0.6 is 0 Å². The second-order valence-electron chi connectivity index (χ2n) is 4.73. The summed E-state index contributed by atoms with van der Waals surface area (Å²) in [6.07, 6.45) is 1.63. The van der Waals surface area contributed by atoms with Crippen molar-refractivity contribution in [1.82, 2.24) is 4.98 Å². The number of amides is 1. The fourth-order valence-corrected chi connectivity index (χ4v) is 1.91. The summed E-state index contributed by atoms with van der Waals surface area (Å²) in [6, 6.07) is 9.47. The number of nitrogens with one attached hydrogen (secondary N) is 2. The van der Waals surface area contributed by atoms with Gasteiger partial charge in [-0.15, -0.1) is 0 Å². The Morgan fingerprint density at radius 3 is 2.75 bits per heavy atom. The molecule has 0 saturated carbocycles. The highest BCUT2D eigenvalue weighted by Gasteiger charge is 2.09. The first-order valence-corrected chi connectivity index (χ1v) is 6.68. The van der Waals surface area contributed by atoms with Gasteiger partial charge in [0, 0.05) is 24.0 Å². The van der Waals surface area contributed by atoms with Crippen LogP contribution in [-0.4, -0.2) is 17.4 Å². The van der Waals surface area contributed by atoms with Crippen molar-refractivity contribution in [2.75, 3.05) is 17.2 Å². The quantitative estimate of drug-likeness (QED) is 0.894. The first kappa shape index (κ1) is 14.1. The minimum Gasteiger partial charge on any atom is -0.370 e. The number of nitrogens with zero attached hydrogens (tertiary/aromatic N) is 1. The summed E-state index contributed by atoms with van der Waals surface area (Å²) in [5.74, 6) is 0.585. The highest BCUT2D eigenvalue weighted by atomic mass is 16.1. The van der Waals surface area contributed by atoms with E-state index in [2.05, 4.69) is 15.6 Å². The molecule has 0 saturated heterocycles. The highest BCUT2D eigenvalue weighted by molar-refractivity contribution is 6.05. The largest absolute Gasteiger partial charge is 0.370 e. The lowest BCUT2D eigenvalue weighted by molar-refractivity contribution is 0.102. The average Bonchev–Trinajstić information content (AvgIpc) is 2.43. The van der Waals surface area contributed by atoms with Crippen LogP contribution in [0.2, 0.25) is 0 Å². The lowest BCUT2D eigenvalue weighted by Gasteiger charge is -2.10. The third kappa shape index (κ3) is 3.35. The molecule has 1 heterocycles. The Hall–Kier alpha value is -2.36. The molecule has 2 aromatic rings. The minimum atomic E-state index is -0.125. The highest BCUT2D eigenvalue weighted by Crippen LogP contribution is 2.18. The van der Waals surface area contributed by atoms with Crippen LogP contribution in [0, 0.1) is 13.8 Å². The normalized spacial score (nSPS) is 10.2. The van der Waals surface area contributed by atoms with Crippen LogP contribution in [-0.2, 0) is 0 Å². The molecular formula is C16H19N3O. The van der Waals surface area contributed by atoms with Gasteiger partial charge in [0.15, 0.2) is 0 Å². The lowest BCUT2D eigenvalue weighted by atomic mass is 10.1. The summed E-state index contributed by atoms with van der Waals surface area (Å²) in [5, 5.41) is 6.04. The van der Waals surface area contributed by atoms with Crippen molar-refractivity contribution < 1.29 is 4.79 Å². The topological polar surface area (TPSA) is 54.0 Å². The van der Waals surface area contributed by atoms with Gasteiger partial charge < -0.3 is 10.6 Å². The number of aryl methyl sites for hydroxylation is 2. The van der Waals surface area contributed by atoms with Gasteiger partial charge in [0.25, 0.3) is 5.91 Å². The van der Waals surface area contributed by atoms with E-state index in [9.17, 15) is 4.79 Å². The third-order valence-corrected chi connectivity index (χ3v) is 3.02. The van der Waals surface area contributed by atoms with Crippen molar-refractivity contribution >= 4 is 17.4 Å². The Balaban J connectivity index is 2.19. The molecule has 104 valence electrons. The maximum absolute atomic E-state index is 12.3. The zero-order valence-corrected chi connectivity index (χ0v) is 12.0. The Morgan fingerprint density at radius 2 is 2.00 bits per heavy atom. The number of benzene rings is 1. The van der Waals surface area contributed by atoms with Crippen LogP contribution in [0.3, 0.4) is 0 Å². The van der Waals surface area contributed by atoms with E-state index in [1.807, 2.05) is 39.0 Å². The molecule has 1 aromatic heterocycles. The molecule has 0 spiro atoms. The summed E-state index contributed by atoms with van der Waals surface area (Å²) in [7, 11) is 0. The van der Waals surface area contributed by atoms with Gasteiger partial charge in [0.05, 0.1) is 0 Å². The molecule has 1 aromatic carbocycles. The van der Waals surface area contributed by atoms with E-state index in [1.54, 1.807) is 18.3 Å². The maximum atomic E-state index is 12.3. The Bertz CT molecular complexity index is 623. The first-order valence-electron chi connectivity index (χ1n) is 6.68. The Kier molecular flexibility index (Phi) is 4.35. The fraction of sp³-hybridized carbons (Fsp3) is 0.250. The number of pyridine rings is 1. The number of carbonyl (C=O) groups excluding carboxylic acids is 1. The molecule has 4 heteroatoms. The molecule has 0 atom stereocenters. The van der Waals surface area contributed by atoms with E-state index in [1.165, 1.54) is 0 Å². The van der Waals surface area contributed by atoms with E-state index < -0.39 is 0 Å². The van der Waals surface area contributed by atoms with E-state index in [-0.39, 0.29) is 5.91 Å². The Morgan fingerprint density at radius 1 is 1.20 bits per heavy atom. The van der Waals surface area contributed by atoms with E-state index in [0.29, 0.717) is 11.4 Å². The van der Waals surface area contributed by atoms with Gasteiger partial charge in [-0.2, -0.15) is 0 Å². The SMILES string of the molecule is CCNc1cc(C(=O)Nc2cc(C)ccc2C)ccn1. The van der Waals surface area contributed by atoms with Gasteiger partial charge >= 0.3 is 0 Å². The molecule has 0 unspecified atom stereocenters. The molecule has 0 aliphatic carbocycles. The van der Waals surface area contributed by atoms with E-state index in [0.717, 1.165) is 23.4 Å². The minimum absolute atomic E-state index is 0.125. The number of aromatic nitrogens is 1. The zero-order chi connectivity index (χ0) is 14.5. The van der Waals surface area contributed by atoms with Crippen molar-refractivity contribution in [3.8, 4) is 0 Å². The number of hydrogen-bond donors (Lipinski definition) is 2. The lowest BCUT2D eigenvalue weighted by Crippen LogP contribution is -2.13. The van der Waals surface area contributed by atoms with Crippen LogP contribution in [0.25, 0.3) is 0 Å². The van der Waals surface area contributed by atoms with E-state index >= 15 is 0 Å². The van der Waals surface area contributed by atoms with Crippen LogP contribution in [0.5, 0.6) is 0 Å². The smallest absolute Gasteiger partial charge is 0.255 e. The molecule has 0 aliphatic heterocycles.